The zero-order chi connectivity index (χ0) is 13.2. The van der Waals surface area contributed by atoms with Crippen LogP contribution in [-0.2, 0) is 4.79 Å². The first-order valence-corrected chi connectivity index (χ1v) is 7.02. The summed E-state index contributed by atoms with van der Waals surface area (Å²) in [5.74, 6) is 0.145. The van der Waals surface area contributed by atoms with Crippen LogP contribution in [0, 0.1) is 0 Å². The molecule has 0 bridgehead atoms. The van der Waals surface area contributed by atoms with Crippen molar-refractivity contribution < 1.29 is 4.79 Å². The monoisotopic (exact) mass is 251 g/mol. The van der Waals surface area contributed by atoms with Crippen molar-refractivity contribution in [3.8, 4) is 0 Å². The fourth-order valence-corrected chi connectivity index (χ4v) is 2.02. The first kappa shape index (κ1) is 14.7. The molecule has 1 unspecified atom stereocenters. The van der Waals surface area contributed by atoms with E-state index in [9.17, 15) is 4.79 Å². The largest absolute Gasteiger partial charge is 0.356 e. The number of imidazole rings is 1. The minimum Gasteiger partial charge on any atom is -0.356 e. The molecule has 0 fully saturated rings. The molecule has 1 heterocycles. The van der Waals surface area contributed by atoms with Crippen molar-refractivity contribution >= 4 is 5.91 Å². The number of hydrogen-bond donors (Lipinski definition) is 1. The van der Waals surface area contributed by atoms with Crippen LogP contribution in [0.15, 0.2) is 18.7 Å². The van der Waals surface area contributed by atoms with Gasteiger partial charge in [-0.05, 0) is 12.8 Å². The number of aromatic nitrogens is 2. The predicted octanol–water partition coefficient (Wildman–Crippen LogP) is 2.92. The summed E-state index contributed by atoms with van der Waals surface area (Å²) in [5, 5.41) is 2.94. The van der Waals surface area contributed by atoms with Gasteiger partial charge >= 0.3 is 0 Å². The molecule has 0 aliphatic heterocycles. The van der Waals surface area contributed by atoms with Crippen LogP contribution in [0.5, 0.6) is 0 Å². The fourth-order valence-electron chi connectivity index (χ4n) is 2.02. The molecule has 18 heavy (non-hydrogen) atoms. The van der Waals surface area contributed by atoms with Crippen LogP contribution < -0.4 is 5.32 Å². The summed E-state index contributed by atoms with van der Waals surface area (Å²) >= 11 is 0. The van der Waals surface area contributed by atoms with Crippen LogP contribution in [0.3, 0.4) is 0 Å². The zero-order valence-electron chi connectivity index (χ0n) is 11.6. The summed E-state index contributed by atoms with van der Waals surface area (Å²) < 4.78 is 2.06. The molecule has 4 heteroatoms. The minimum atomic E-state index is 0.145. The number of carbonyl (C=O) groups is 1. The SMILES string of the molecule is CCCCCC(CC(=O)NCCC)n1ccnc1. The lowest BCUT2D eigenvalue weighted by Crippen LogP contribution is -2.27. The highest BCUT2D eigenvalue weighted by molar-refractivity contribution is 5.76. The third-order valence-corrected chi connectivity index (χ3v) is 3.08. The second-order valence-corrected chi connectivity index (χ2v) is 4.71. The van der Waals surface area contributed by atoms with Gasteiger partial charge in [0.1, 0.15) is 0 Å². The van der Waals surface area contributed by atoms with E-state index in [4.69, 9.17) is 0 Å². The molecule has 0 spiro atoms. The van der Waals surface area contributed by atoms with Crippen molar-refractivity contribution in [2.75, 3.05) is 6.54 Å². The first-order chi connectivity index (χ1) is 8.77. The van der Waals surface area contributed by atoms with Crippen molar-refractivity contribution in [3.63, 3.8) is 0 Å². The van der Waals surface area contributed by atoms with Gasteiger partial charge < -0.3 is 9.88 Å². The molecule has 1 aromatic rings. The van der Waals surface area contributed by atoms with E-state index >= 15 is 0 Å². The van der Waals surface area contributed by atoms with Crippen LogP contribution >= 0.6 is 0 Å². The average Bonchev–Trinajstić information content (AvgIpc) is 2.89. The number of nitrogens with one attached hydrogen (secondary N) is 1. The van der Waals surface area contributed by atoms with Gasteiger partial charge in [-0.3, -0.25) is 4.79 Å². The highest BCUT2D eigenvalue weighted by Gasteiger charge is 2.14. The van der Waals surface area contributed by atoms with Gasteiger partial charge in [-0.2, -0.15) is 0 Å². The number of nitrogens with zero attached hydrogens (tertiary/aromatic N) is 2. The Morgan fingerprint density at radius 2 is 2.17 bits per heavy atom. The Hall–Kier alpha value is -1.32. The quantitative estimate of drug-likeness (QED) is 0.686. The van der Waals surface area contributed by atoms with Gasteiger partial charge in [0.25, 0.3) is 0 Å². The highest BCUT2D eigenvalue weighted by Crippen LogP contribution is 2.19. The van der Waals surface area contributed by atoms with Crippen LogP contribution in [-0.4, -0.2) is 22.0 Å². The van der Waals surface area contributed by atoms with E-state index in [0.717, 1.165) is 19.4 Å². The van der Waals surface area contributed by atoms with E-state index in [-0.39, 0.29) is 11.9 Å². The Kier molecular flexibility index (Phi) is 7.14. The molecule has 102 valence electrons. The normalized spacial score (nSPS) is 12.3. The second-order valence-electron chi connectivity index (χ2n) is 4.71. The molecule has 4 nitrogen and oxygen atoms in total. The molecular weight excluding hydrogens is 226 g/mol. The van der Waals surface area contributed by atoms with Crippen molar-refractivity contribution in [1.29, 1.82) is 0 Å². The topological polar surface area (TPSA) is 46.9 Å². The van der Waals surface area contributed by atoms with Gasteiger partial charge in [0, 0.05) is 31.4 Å². The van der Waals surface area contributed by atoms with Crippen molar-refractivity contribution in [2.24, 2.45) is 0 Å². The molecule has 1 N–H and O–H groups in total. The Morgan fingerprint density at radius 3 is 2.78 bits per heavy atom. The standard InChI is InChI=1S/C14H25N3O/c1-3-5-6-7-13(17-10-9-15-12-17)11-14(18)16-8-4-2/h9-10,12-13H,3-8,11H2,1-2H3,(H,16,18). The number of carbonyl (C=O) groups excluding carboxylic acids is 1. The molecule has 1 aromatic heterocycles. The molecule has 0 aliphatic rings. The van der Waals surface area contributed by atoms with Crippen molar-refractivity contribution in [2.45, 2.75) is 58.4 Å². The lowest BCUT2D eigenvalue weighted by Gasteiger charge is -2.18. The van der Waals surface area contributed by atoms with Crippen LogP contribution in [0.4, 0.5) is 0 Å². The minimum absolute atomic E-state index is 0.145. The maximum absolute atomic E-state index is 11.8. The number of amides is 1. The zero-order valence-corrected chi connectivity index (χ0v) is 11.6. The Balaban J connectivity index is 2.47. The highest BCUT2D eigenvalue weighted by atomic mass is 16.1. The summed E-state index contributed by atoms with van der Waals surface area (Å²) in [6.07, 6.45) is 11.7. The Labute approximate surface area is 110 Å². The summed E-state index contributed by atoms with van der Waals surface area (Å²) in [6, 6.07) is 0.246. The second kappa shape index (κ2) is 8.72. The maximum atomic E-state index is 11.8. The molecule has 0 saturated heterocycles. The Bertz CT molecular complexity index is 322. The number of hydrogen-bond acceptors (Lipinski definition) is 2. The van der Waals surface area contributed by atoms with Gasteiger partial charge in [0.05, 0.1) is 6.33 Å². The summed E-state index contributed by atoms with van der Waals surface area (Å²) in [5.41, 5.74) is 0. The molecular formula is C14H25N3O. The smallest absolute Gasteiger partial charge is 0.222 e. The molecule has 1 amide bonds. The fraction of sp³-hybridized carbons (Fsp3) is 0.714. The lowest BCUT2D eigenvalue weighted by atomic mass is 10.0. The molecule has 1 atom stereocenters. The van der Waals surface area contributed by atoms with Gasteiger partial charge in [-0.1, -0.05) is 33.1 Å². The van der Waals surface area contributed by atoms with Gasteiger partial charge in [-0.15, -0.1) is 0 Å². The third kappa shape index (κ3) is 5.34. The molecule has 0 radical (unpaired) electrons. The van der Waals surface area contributed by atoms with E-state index in [1.165, 1.54) is 19.3 Å². The van der Waals surface area contributed by atoms with E-state index in [0.29, 0.717) is 6.42 Å². The lowest BCUT2D eigenvalue weighted by molar-refractivity contribution is -0.121. The summed E-state index contributed by atoms with van der Waals surface area (Å²) in [6.45, 7) is 5.03. The van der Waals surface area contributed by atoms with E-state index in [2.05, 4.69) is 28.7 Å². The van der Waals surface area contributed by atoms with Crippen LogP contribution in [0.1, 0.15) is 58.4 Å². The van der Waals surface area contributed by atoms with E-state index < -0.39 is 0 Å². The summed E-state index contributed by atoms with van der Waals surface area (Å²) in [7, 11) is 0. The van der Waals surface area contributed by atoms with Gasteiger partial charge in [0.15, 0.2) is 0 Å². The first-order valence-electron chi connectivity index (χ1n) is 7.02. The van der Waals surface area contributed by atoms with Crippen LogP contribution in [0.25, 0.3) is 0 Å². The molecule has 0 aliphatic carbocycles. The third-order valence-electron chi connectivity index (χ3n) is 3.08. The average molecular weight is 251 g/mol. The van der Waals surface area contributed by atoms with Crippen molar-refractivity contribution in [3.05, 3.63) is 18.7 Å². The number of rotatable bonds is 9. The maximum Gasteiger partial charge on any atom is 0.222 e. The molecule has 0 saturated carbocycles. The van der Waals surface area contributed by atoms with E-state index in [1.54, 1.807) is 6.20 Å². The van der Waals surface area contributed by atoms with Gasteiger partial charge in [0.2, 0.25) is 5.91 Å². The van der Waals surface area contributed by atoms with Crippen molar-refractivity contribution in [1.82, 2.24) is 14.9 Å². The number of unbranched alkanes of at least 4 members (excludes halogenated alkanes) is 2. The molecule has 1 rings (SSSR count). The van der Waals surface area contributed by atoms with Crippen LogP contribution in [0.2, 0.25) is 0 Å². The summed E-state index contributed by atoms with van der Waals surface area (Å²) in [4.78, 5) is 15.9. The Morgan fingerprint density at radius 1 is 1.33 bits per heavy atom. The predicted molar refractivity (Wildman–Crippen MR) is 73.3 cm³/mol. The molecule has 0 aromatic carbocycles. The van der Waals surface area contributed by atoms with Gasteiger partial charge in [-0.25, -0.2) is 4.98 Å². The van der Waals surface area contributed by atoms with E-state index in [1.807, 2.05) is 12.5 Å².